The average Bonchev–Trinajstić information content (AvgIpc) is 3.08. The highest BCUT2D eigenvalue weighted by Gasteiger charge is 2.20. The van der Waals surface area contributed by atoms with Crippen molar-refractivity contribution in [2.24, 2.45) is 0 Å². The predicted octanol–water partition coefficient (Wildman–Crippen LogP) is 3.53. The largest absolute Gasteiger partial charge is 0.296 e. The van der Waals surface area contributed by atoms with E-state index < -0.39 is 0 Å². The van der Waals surface area contributed by atoms with Gasteiger partial charge in [0.15, 0.2) is 5.01 Å². The van der Waals surface area contributed by atoms with Crippen LogP contribution in [0.5, 0.6) is 0 Å². The van der Waals surface area contributed by atoms with Crippen LogP contribution in [0, 0.1) is 11.8 Å². The van der Waals surface area contributed by atoms with E-state index in [0.29, 0.717) is 6.04 Å². The van der Waals surface area contributed by atoms with Gasteiger partial charge in [-0.25, -0.2) is 4.98 Å². The number of benzene rings is 1. The van der Waals surface area contributed by atoms with Gasteiger partial charge in [-0.3, -0.25) is 4.90 Å². The maximum atomic E-state index is 4.42. The molecule has 1 aliphatic rings. The van der Waals surface area contributed by atoms with Gasteiger partial charge in [-0.05, 0) is 44.4 Å². The van der Waals surface area contributed by atoms with Crippen LogP contribution in [-0.4, -0.2) is 22.5 Å². The van der Waals surface area contributed by atoms with E-state index in [4.69, 9.17) is 0 Å². The first-order chi connectivity index (χ1) is 9.81. The van der Waals surface area contributed by atoms with Crippen LogP contribution in [0.2, 0.25) is 0 Å². The fourth-order valence-corrected chi connectivity index (χ4v) is 3.30. The molecule has 1 aromatic carbocycles. The Labute approximate surface area is 124 Å². The summed E-state index contributed by atoms with van der Waals surface area (Å²) in [6.45, 7) is 4.54. The Kier molecular flexibility index (Phi) is 4.15. The summed E-state index contributed by atoms with van der Waals surface area (Å²) in [4.78, 5) is 8.26. The third kappa shape index (κ3) is 3.27. The van der Waals surface area contributed by atoms with Gasteiger partial charge in [-0.15, -0.1) is 11.3 Å². The second kappa shape index (κ2) is 6.21. The molecule has 1 aromatic heterocycles. The summed E-state index contributed by atoms with van der Waals surface area (Å²) in [5.74, 6) is 6.32. The summed E-state index contributed by atoms with van der Waals surface area (Å²) in [5.41, 5.74) is 1.04. The highest BCUT2D eigenvalue weighted by molar-refractivity contribution is 7.12. The lowest BCUT2D eigenvalue weighted by atomic mass is 10.2. The maximum absolute atomic E-state index is 4.42. The third-order valence-corrected chi connectivity index (χ3v) is 4.59. The number of thiazole rings is 1. The molecule has 0 saturated carbocycles. The Bertz CT molecular complexity index is 621. The fraction of sp³-hybridized carbons (Fsp3) is 0.353. The summed E-state index contributed by atoms with van der Waals surface area (Å²) >= 11 is 1.71. The molecular weight excluding hydrogens is 264 g/mol. The van der Waals surface area contributed by atoms with E-state index in [1.54, 1.807) is 11.3 Å². The second-order valence-electron chi connectivity index (χ2n) is 5.21. The molecule has 1 saturated heterocycles. The molecule has 2 heterocycles. The predicted molar refractivity (Wildman–Crippen MR) is 83.6 cm³/mol. The Morgan fingerprint density at radius 1 is 1.30 bits per heavy atom. The molecule has 1 fully saturated rings. The molecule has 0 N–H and O–H groups in total. The van der Waals surface area contributed by atoms with Gasteiger partial charge in [0.1, 0.15) is 0 Å². The molecule has 0 spiro atoms. The number of rotatable bonds is 2. The van der Waals surface area contributed by atoms with Crippen molar-refractivity contribution in [3.05, 3.63) is 52.0 Å². The summed E-state index contributed by atoms with van der Waals surface area (Å²) < 4.78 is 0. The van der Waals surface area contributed by atoms with Gasteiger partial charge < -0.3 is 0 Å². The highest BCUT2D eigenvalue weighted by atomic mass is 32.1. The van der Waals surface area contributed by atoms with Crippen LogP contribution in [-0.2, 0) is 6.54 Å². The standard InChI is InChI=1S/C17H18N2S/c1-14-6-5-11-19(14)13-16-12-18-17(20-16)10-9-15-7-3-2-4-8-15/h2-4,7-8,12,14H,5-6,11,13H2,1H3. The van der Waals surface area contributed by atoms with Crippen molar-refractivity contribution in [3.63, 3.8) is 0 Å². The highest BCUT2D eigenvalue weighted by Crippen LogP contribution is 2.22. The van der Waals surface area contributed by atoms with Gasteiger partial charge in [-0.2, -0.15) is 0 Å². The summed E-state index contributed by atoms with van der Waals surface area (Å²) in [5, 5.41) is 0.913. The van der Waals surface area contributed by atoms with Crippen LogP contribution in [0.1, 0.15) is 35.2 Å². The SMILES string of the molecule is CC1CCCN1Cc1cnc(C#Cc2ccccc2)s1. The number of hydrogen-bond acceptors (Lipinski definition) is 3. The van der Waals surface area contributed by atoms with Crippen molar-refractivity contribution in [2.75, 3.05) is 6.54 Å². The van der Waals surface area contributed by atoms with Crippen molar-refractivity contribution < 1.29 is 0 Å². The quantitative estimate of drug-likeness (QED) is 0.783. The fourth-order valence-electron chi connectivity index (χ4n) is 2.51. The minimum atomic E-state index is 0.705. The van der Waals surface area contributed by atoms with E-state index in [-0.39, 0.29) is 0 Å². The molecule has 0 bridgehead atoms. The summed E-state index contributed by atoms with van der Waals surface area (Å²) in [6.07, 6.45) is 4.62. The van der Waals surface area contributed by atoms with Crippen LogP contribution in [0.25, 0.3) is 0 Å². The molecule has 2 aromatic rings. The van der Waals surface area contributed by atoms with E-state index in [2.05, 4.69) is 28.6 Å². The van der Waals surface area contributed by atoms with Gasteiger partial charge in [0.05, 0.1) is 0 Å². The molecule has 1 atom stereocenters. The maximum Gasteiger partial charge on any atom is 0.167 e. The van der Waals surface area contributed by atoms with E-state index in [1.807, 2.05) is 36.5 Å². The van der Waals surface area contributed by atoms with Gasteiger partial charge in [0, 0.05) is 29.2 Å². The third-order valence-electron chi connectivity index (χ3n) is 3.69. The molecular formula is C17H18N2S. The molecule has 0 amide bonds. The van der Waals surface area contributed by atoms with Gasteiger partial charge in [0.2, 0.25) is 0 Å². The molecule has 3 heteroatoms. The zero-order valence-corrected chi connectivity index (χ0v) is 12.5. The molecule has 0 aliphatic carbocycles. The van der Waals surface area contributed by atoms with E-state index in [0.717, 1.165) is 17.1 Å². The molecule has 0 radical (unpaired) electrons. The summed E-state index contributed by atoms with van der Waals surface area (Å²) in [7, 11) is 0. The normalized spacial score (nSPS) is 18.8. The van der Waals surface area contributed by atoms with Gasteiger partial charge in [-0.1, -0.05) is 24.1 Å². The second-order valence-corrected chi connectivity index (χ2v) is 6.32. The average molecular weight is 282 g/mol. The van der Waals surface area contributed by atoms with Crippen LogP contribution >= 0.6 is 11.3 Å². The summed E-state index contributed by atoms with van der Waals surface area (Å²) in [6, 6.07) is 10.8. The van der Waals surface area contributed by atoms with Crippen molar-refractivity contribution in [3.8, 4) is 11.8 Å². The van der Waals surface area contributed by atoms with Crippen LogP contribution in [0.3, 0.4) is 0 Å². The van der Waals surface area contributed by atoms with E-state index >= 15 is 0 Å². The first-order valence-electron chi connectivity index (χ1n) is 7.07. The molecule has 1 unspecified atom stereocenters. The van der Waals surface area contributed by atoms with Gasteiger partial charge in [0.25, 0.3) is 0 Å². The van der Waals surface area contributed by atoms with Crippen LogP contribution in [0.15, 0.2) is 36.5 Å². The zero-order chi connectivity index (χ0) is 13.8. The number of nitrogens with zero attached hydrogens (tertiary/aromatic N) is 2. The Morgan fingerprint density at radius 2 is 2.15 bits per heavy atom. The lowest BCUT2D eigenvalue weighted by Gasteiger charge is -2.19. The lowest BCUT2D eigenvalue weighted by Crippen LogP contribution is -2.25. The minimum absolute atomic E-state index is 0.705. The van der Waals surface area contributed by atoms with E-state index in [9.17, 15) is 0 Å². The molecule has 3 rings (SSSR count). The van der Waals surface area contributed by atoms with Crippen molar-refractivity contribution >= 4 is 11.3 Å². The Balaban J connectivity index is 1.67. The molecule has 2 nitrogen and oxygen atoms in total. The minimum Gasteiger partial charge on any atom is -0.296 e. The van der Waals surface area contributed by atoms with Gasteiger partial charge >= 0.3 is 0 Å². The van der Waals surface area contributed by atoms with Crippen LogP contribution in [0.4, 0.5) is 0 Å². The van der Waals surface area contributed by atoms with Crippen molar-refractivity contribution in [2.45, 2.75) is 32.4 Å². The Morgan fingerprint density at radius 3 is 2.90 bits per heavy atom. The topological polar surface area (TPSA) is 16.1 Å². The number of aromatic nitrogens is 1. The smallest absolute Gasteiger partial charge is 0.167 e. The number of likely N-dealkylation sites (tertiary alicyclic amines) is 1. The van der Waals surface area contributed by atoms with Crippen LogP contribution < -0.4 is 0 Å². The first-order valence-corrected chi connectivity index (χ1v) is 7.89. The van der Waals surface area contributed by atoms with Crippen molar-refractivity contribution in [1.29, 1.82) is 0 Å². The van der Waals surface area contributed by atoms with E-state index in [1.165, 1.54) is 24.3 Å². The molecule has 1 aliphatic heterocycles. The molecule has 102 valence electrons. The number of hydrogen-bond donors (Lipinski definition) is 0. The van der Waals surface area contributed by atoms with Crippen molar-refractivity contribution in [1.82, 2.24) is 9.88 Å². The monoisotopic (exact) mass is 282 g/mol. The first kappa shape index (κ1) is 13.4. The molecule has 20 heavy (non-hydrogen) atoms. The lowest BCUT2D eigenvalue weighted by molar-refractivity contribution is 0.262. The Hall–Kier alpha value is -1.63. The zero-order valence-electron chi connectivity index (χ0n) is 11.7.